The molecule has 4 rings (SSSR count). The highest BCUT2D eigenvalue weighted by atomic mass is 32.2. The van der Waals surface area contributed by atoms with Gasteiger partial charge in [0.2, 0.25) is 5.91 Å². The van der Waals surface area contributed by atoms with Crippen LogP contribution in [0, 0.1) is 13.8 Å². The first-order chi connectivity index (χ1) is 15.0. The van der Waals surface area contributed by atoms with Gasteiger partial charge in [-0.1, -0.05) is 84.6 Å². The Morgan fingerprint density at radius 1 is 1.00 bits per heavy atom. The van der Waals surface area contributed by atoms with Crippen LogP contribution in [0.2, 0.25) is 0 Å². The van der Waals surface area contributed by atoms with E-state index in [1.54, 1.807) is 6.20 Å². The number of carbonyl (C=O) groups is 1. The van der Waals surface area contributed by atoms with Crippen molar-refractivity contribution in [1.82, 2.24) is 9.66 Å². The van der Waals surface area contributed by atoms with Gasteiger partial charge in [-0.05, 0) is 36.6 Å². The Morgan fingerprint density at radius 3 is 2.39 bits per heavy atom. The van der Waals surface area contributed by atoms with Crippen LogP contribution >= 0.6 is 11.8 Å². The SMILES string of the molecule is Cc1ccc(C)c(NC(=O)C(Sc2nc(-c3ccccc3)cn2N)c2ccccc2)c1. The highest BCUT2D eigenvalue weighted by Crippen LogP contribution is 2.36. The zero-order valence-corrected chi connectivity index (χ0v) is 18.3. The summed E-state index contributed by atoms with van der Waals surface area (Å²) >= 11 is 1.34. The minimum atomic E-state index is -0.505. The fourth-order valence-corrected chi connectivity index (χ4v) is 4.28. The number of imidazole rings is 1. The fraction of sp³-hybridized carbons (Fsp3) is 0.120. The zero-order chi connectivity index (χ0) is 21.8. The normalized spacial score (nSPS) is 11.8. The molecule has 4 aromatic rings. The molecule has 0 fully saturated rings. The van der Waals surface area contributed by atoms with Crippen LogP contribution in [0.3, 0.4) is 0 Å². The van der Waals surface area contributed by atoms with Gasteiger partial charge in [-0.2, -0.15) is 0 Å². The number of carbonyl (C=O) groups excluding carboxylic acids is 1. The molecule has 1 aromatic heterocycles. The van der Waals surface area contributed by atoms with E-state index in [9.17, 15) is 4.79 Å². The number of nitrogens with one attached hydrogen (secondary N) is 1. The fourth-order valence-electron chi connectivity index (χ4n) is 3.29. The highest BCUT2D eigenvalue weighted by molar-refractivity contribution is 8.00. The van der Waals surface area contributed by atoms with Gasteiger partial charge in [0.1, 0.15) is 5.25 Å². The predicted octanol–water partition coefficient (Wildman–Crippen LogP) is 5.35. The maximum absolute atomic E-state index is 13.4. The third-order valence-electron chi connectivity index (χ3n) is 4.98. The van der Waals surface area contributed by atoms with Gasteiger partial charge in [0, 0.05) is 11.3 Å². The molecule has 3 N–H and O–H groups in total. The van der Waals surface area contributed by atoms with Crippen molar-refractivity contribution in [3.63, 3.8) is 0 Å². The Bertz CT molecular complexity index is 1190. The molecule has 0 saturated heterocycles. The van der Waals surface area contributed by atoms with Crippen LogP contribution in [-0.4, -0.2) is 15.6 Å². The Kier molecular flexibility index (Phi) is 6.09. The molecule has 3 aromatic carbocycles. The molecule has 0 aliphatic heterocycles. The standard InChI is InChI=1S/C25H24N4OS/c1-17-13-14-18(2)21(15-17)27-24(30)23(20-11-7-4-8-12-20)31-25-28-22(16-29(25)26)19-9-5-3-6-10-19/h3-16,23H,26H2,1-2H3,(H,27,30). The van der Waals surface area contributed by atoms with E-state index in [4.69, 9.17) is 5.84 Å². The monoisotopic (exact) mass is 428 g/mol. The number of benzene rings is 3. The van der Waals surface area contributed by atoms with Crippen LogP contribution in [0.15, 0.2) is 90.2 Å². The number of hydrogen-bond donors (Lipinski definition) is 2. The average molecular weight is 429 g/mol. The van der Waals surface area contributed by atoms with Gasteiger partial charge in [-0.15, -0.1) is 0 Å². The molecule has 156 valence electrons. The first-order valence-corrected chi connectivity index (χ1v) is 10.9. The summed E-state index contributed by atoms with van der Waals surface area (Å²) in [6, 6.07) is 25.6. The minimum absolute atomic E-state index is 0.117. The Hall–Kier alpha value is -3.51. The van der Waals surface area contributed by atoms with E-state index < -0.39 is 5.25 Å². The number of aromatic nitrogens is 2. The molecular formula is C25H24N4OS. The molecule has 1 atom stereocenters. The highest BCUT2D eigenvalue weighted by Gasteiger charge is 2.25. The lowest BCUT2D eigenvalue weighted by atomic mass is 10.1. The molecule has 0 radical (unpaired) electrons. The van der Waals surface area contributed by atoms with Crippen LogP contribution < -0.4 is 11.2 Å². The smallest absolute Gasteiger partial charge is 0.242 e. The quantitative estimate of drug-likeness (QED) is 0.321. The topological polar surface area (TPSA) is 72.9 Å². The van der Waals surface area contributed by atoms with Crippen molar-refractivity contribution in [3.8, 4) is 11.3 Å². The molecule has 1 amide bonds. The van der Waals surface area contributed by atoms with Crippen LogP contribution in [0.4, 0.5) is 5.69 Å². The second-order valence-corrected chi connectivity index (χ2v) is 8.47. The van der Waals surface area contributed by atoms with E-state index in [1.807, 2.05) is 92.7 Å². The lowest BCUT2D eigenvalue weighted by Crippen LogP contribution is -2.20. The van der Waals surface area contributed by atoms with Crippen LogP contribution in [0.5, 0.6) is 0 Å². The summed E-state index contributed by atoms with van der Waals surface area (Å²) in [5.74, 6) is 6.09. The summed E-state index contributed by atoms with van der Waals surface area (Å²) in [4.78, 5) is 18.0. The van der Waals surface area contributed by atoms with Gasteiger partial charge in [0.25, 0.3) is 0 Å². The molecule has 1 heterocycles. The van der Waals surface area contributed by atoms with E-state index in [-0.39, 0.29) is 5.91 Å². The maximum Gasteiger partial charge on any atom is 0.242 e. The molecule has 5 nitrogen and oxygen atoms in total. The Morgan fingerprint density at radius 2 is 1.68 bits per heavy atom. The first kappa shape index (κ1) is 20.8. The van der Waals surface area contributed by atoms with Crippen LogP contribution in [-0.2, 0) is 4.79 Å². The zero-order valence-electron chi connectivity index (χ0n) is 17.4. The van der Waals surface area contributed by atoms with Crippen molar-refractivity contribution in [2.24, 2.45) is 0 Å². The summed E-state index contributed by atoms with van der Waals surface area (Å²) in [5, 5.41) is 3.16. The van der Waals surface area contributed by atoms with Crippen molar-refractivity contribution < 1.29 is 4.79 Å². The van der Waals surface area contributed by atoms with E-state index >= 15 is 0 Å². The van der Waals surface area contributed by atoms with Crippen molar-refractivity contribution in [2.75, 3.05) is 11.2 Å². The number of anilines is 1. The van der Waals surface area contributed by atoms with Gasteiger partial charge >= 0.3 is 0 Å². The lowest BCUT2D eigenvalue weighted by Gasteiger charge is -2.18. The average Bonchev–Trinajstić information content (AvgIpc) is 3.16. The van der Waals surface area contributed by atoms with E-state index in [1.165, 1.54) is 16.4 Å². The molecule has 0 aliphatic carbocycles. The molecule has 0 aliphatic rings. The second kappa shape index (κ2) is 9.10. The summed E-state index contributed by atoms with van der Waals surface area (Å²) in [6.07, 6.45) is 1.78. The molecular weight excluding hydrogens is 404 g/mol. The van der Waals surface area contributed by atoms with Gasteiger partial charge in [-0.3, -0.25) is 4.79 Å². The van der Waals surface area contributed by atoms with Gasteiger partial charge in [0.15, 0.2) is 5.16 Å². The number of aryl methyl sites for hydroxylation is 2. The summed E-state index contributed by atoms with van der Waals surface area (Å²) in [5.41, 5.74) is 5.56. The van der Waals surface area contributed by atoms with Gasteiger partial charge in [-0.25, -0.2) is 9.66 Å². The summed E-state index contributed by atoms with van der Waals surface area (Å²) in [7, 11) is 0. The number of amides is 1. The van der Waals surface area contributed by atoms with Crippen molar-refractivity contribution in [1.29, 1.82) is 0 Å². The third kappa shape index (κ3) is 4.81. The Labute approximate surface area is 186 Å². The van der Waals surface area contributed by atoms with Crippen molar-refractivity contribution in [2.45, 2.75) is 24.3 Å². The van der Waals surface area contributed by atoms with E-state index in [0.717, 1.165) is 33.6 Å². The van der Waals surface area contributed by atoms with Gasteiger partial charge < -0.3 is 11.2 Å². The lowest BCUT2D eigenvalue weighted by molar-refractivity contribution is -0.115. The van der Waals surface area contributed by atoms with Crippen molar-refractivity contribution >= 4 is 23.4 Å². The third-order valence-corrected chi connectivity index (χ3v) is 6.22. The Balaban J connectivity index is 1.64. The molecule has 0 spiro atoms. The number of thioether (sulfide) groups is 1. The number of nitrogens with two attached hydrogens (primary N) is 1. The molecule has 0 saturated carbocycles. The molecule has 31 heavy (non-hydrogen) atoms. The van der Waals surface area contributed by atoms with Gasteiger partial charge in [0.05, 0.1) is 11.9 Å². The van der Waals surface area contributed by atoms with Crippen LogP contribution in [0.1, 0.15) is 21.9 Å². The van der Waals surface area contributed by atoms with E-state index in [2.05, 4.69) is 10.3 Å². The number of nitrogens with zero attached hydrogens (tertiary/aromatic N) is 2. The first-order valence-electron chi connectivity index (χ1n) is 10.0. The summed E-state index contributed by atoms with van der Waals surface area (Å²) < 4.78 is 1.48. The second-order valence-electron chi connectivity index (χ2n) is 7.40. The number of hydrogen-bond acceptors (Lipinski definition) is 4. The largest absolute Gasteiger partial charge is 0.337 e. The maximum atomic E-state index is 13.4. The number of rotatable bonds is 6. The molecule has 0 bridgehead atoms. The molecule has 6 heteroatoms. The minimum Gasteiger partial charge on any atom is -0.337 e. The van der Waals surface area contributed by atoms with Crippen LogP contribution in [0.25, 0.3) is 11.3 Å². The number of nitrogen functional groups attached to an aromatic ring is 1. The van der Waals surface area contributed by atoms with Crippen molar-refractivity contribution in [3.05, 3.63) is 102 Å². The van der Waals surface area contributed by atoms with E-state index in [0.29, 0.717) is 5.16 Å². The molecule has 1 unspecified atom stereocenters. The summed E-state index contributed by atoms with van der Waals surface area (Å²) in [6.45, 7) is 3.99. The predicted molar refractivity (Wildman–Crippen MR) is 127 cm³/mol.